The largest absolute Gasteiger partial charge is 0.342 e. The summed E-state index contributed by atoms with van der Waals surface area (Å²) in [6.45, 7) is 4.36. The van der Waals surface area contributed by atoms with Gasteiger partial charge in [0.15, 0.2) is 5.78 Å². The van der Waals surface area contributed by atoms with E-state index in [9.17, 15) is 4.79 Å². The van der Waals surface area contributed by atoms with Crippen molar-refractivity contribution in [3.05, 3.63) is 24.0 Å². The molecular weight excluding hydrogens is 186 g/mol. The molecule has 0 radical (unpaired) electrons. The molecule has 1 aromatic rings. The van der Waals surface area contributed by atoms with Crippen LogP contribution < -0.4 is 0 Å². The summed E-state index contributed by atoms with van der Waals surface area (Å²) in [5, 5.41) is 0. The van der Waals surface area contributed by atoms with Gasteiger partial charge in [-0.05, 0) is 25.5 Å². The molecule has 0 fully saturated rings. The van der Waals surface area contributed by atoms with Crippen LogP contribution in [0.15, 0.2) is 18.3 Å². The molecular formula is C13H19NO. The first-order valence-electron chi connectivity index (χ1n) is 5.96. The minimum absolute atomic E-state index is 0.229. The van der Waals surface area contributed by atoms with Gasteiger partial charge in [-0.15, -0.1) is 0 Å². The lowest BCUT2D eigenvalue weighted by atomic mass is 9.92. The second-order valence-electron chi connectivity index (χ2n) is 4.51. The fourth-order valence-corrected chi connectivity index (χ4v) is 2.55. The van der Waals surface area contributed by atoms with Gasteiger partial charge in [-0.25, -0.2) is 0 Å². The first-order chi connectivity index (χ1) is 7.25. The Morgan fingerprint density at radius 3 is 2.87 bits per heavy atom. The van der Waals surface area contributed by atoms with Crippen LogP contribution in [-0.4, -0.2) is 10.4 Å². The van der Waals surface area contributed by atoms with E-state index in [1.807, 2.05) is 18.3 Å². The minimum atomic E-state index is 0.229. The Kier molecular flexibility index (Phi) is 2.94. The van der Waals surface area contributed by atoms with E-state index in [1.54, 1.807) is 0 Å². The highest BCUT2D eigenvalue weighted by atomic mass is 16.1. The first kappa shape index (κ1) is 10.5. The van der Waals surface area contributed by atoms with Crippen LogP contribution in [0, 0.1) is 5.92 Å². The predicted octanol–water partition coefficient (Wildman–Crippen LogP) is 3.44. The monoisotopic (exact) mass is 205 g/mol. The fraction of sp³-hybridized carbons (Fsp3) is 0.615. The summed E-state index contributed by atoms with van der Waals surface area (Å²) in [5.41, 5.74) is 0.906. The number of aromatic nitrogens is 1. The van der Waals surface area contributed by atoms with Gasteiger partial charge in [0.1, 0.15) is 0 Å². The van der Waals surface area contributed by atoms with Crippen LogP contribution in [0.1, 0.15) is 56.1 Å². The second kappa shape index (κ2) is 4.21. The average Bonchev–Trinajstić information content (AvgIpc) is 2.77. The van der Waals surface area contributed by atoms with Crippen molar-refractivity contribution in [3.63, 3.8) is 0 Å². The van der Waals surface area contributed by atoms with Crippen LogP contribution in [-0.2, 0) is 0 Å². The molecule has 2 rings (SSSR count). The Labute approximate surface area is 91.3 Å². The zero-order valence-electron chi connectivity index (χ0n) is 9.57. The highest BCUT2D eigenvalue weighted by Gasteiger charge is 2.35. The van der Waals surface area contributed by atoms with Crippen molar-refractivity contribution in [2.24, 2.45) is 5.92 Å². The topological polar surface area (TPSA) is 22.0 Å². The van der Waals surface area contributed by atoms with Gasteiger partial charge in [-0.1, -0.05) is 26.2 Å². The van der Waals surface area contributed by atoms with Crippen molar-refractivity contribution < 1.29 is 4.79 Å². The van der Waals surface area contributed by atoms with Crippen LogP contribution in [0.5, 0.6) is 0 Å². The van der Waals surface area contributed by atoms with Crippen molar-refractivity contribution in [2.45, 2.75) is 45.6 Å². The SMILES string of the molecule is CCCCC[C@@H]1C(=O)c2cccn2[C@@H]1C. The first-order valence-corrected chi connectivity index (χ1v) is 5.96. The molecule has 1 aliphatic heterocycles. The van der Waals surface area contributed by atoms with Crippen molar-refractivity contribution in [2.75, 3.05) is 0 Å². The number of unbranched alkanes of at least 4 members (excludes halogenated alkanes) is 2. The van der Waals surface area contributed by atoms with Crippen molar-refractivity contribution in [1.29, 1.82) is 0 Å². The second-order valence-corrected chi connectivity index (χ2v) is 4.51. The number of hydrogen-bond donors (Lipinski definition) is 0. The summed E-state index contributed by atoms with van der Waals surface area (Å²) < 4.78 is 2.12. The van der Waals surface area contributed by atoms with E-state index in [4.69, 9.17) is 0 Å². The van der Waals surface area contributed by atoms with E-state index >= 15 is 0 Å². The van der Waals surface area contributed by atoms with Crippen LogP contribution in [0.2, 0.25) is 0 Å². The lowest BCUT2D eigenvalue weighted by Gasteiger charge is -2.14. The maximum absolute atomic E-state index is 12.0. The van der Waals surface area contributed by atoms with E-state index in [0.29, 0.717) is 11.8 Å². The standard InChI is InChI=1S/C13H19NO/c1-3-4-5-7-11-10(2)14-9-6-8-12(14)13(11)15/h6,8-11H,3-5,7H2,1-2H3/t10-,11+/m1/s1. The maximum Gasteiger partial charge on any atom is 0.184 e. The molecule has 82 valence electrons. The number of rotatable bonds is 4. The quantitative estimate of drug-likeness (QED) is 0.690. The summed E-state index contributed by atoms with van der Waals surface area (Å²) in [7, 11) is 0. The molecule has 2 heterocycles. The van der Waals surface area contributed by atoms with E-state index in [2.05, 4.69) is 18.4 Å². The van der Waals surface area contributed by atoms with Crippen LogP contribution in [0.25, 0.3) is 0 Å². The van der Waals surface area contributed by atoms with Crippen molar-refractivity contribution in [1.82, 2.24) is 4.57 Å². The molecule has 2 heteroatoms. The van der Waals surface area contributed by atoms with Gasteiger partial charge in [0.25, 0.3) is 0 Å². The number of hydrogen-bond acceptors (Lipinski definition) is 1. The van der Waals surface area contributed by atoms with Gasteiger partial charge in [0.05, 0.1) is 5.69 Å². The van der Waals surface area contributed by atoms with Crippen LogP contribution in [0.3, 0.4) is 0 Å². The number of Topliss-reactive ketones (excluding diaryl/α,β-unsaturated/α-hetero) is 1. The summed E-state index contributed by atoms with van der Waals surface area (Å²) in [6, 6.07) is 4.27. The third-order valence-electron chi connectivity index (χ3n) is 3.51. The normalized spacial score (nSPS) is 24.5. The van der Waals surface area contributed by atoms with Crippen LogP contribution in [0.4, 0.5) is 0 Å². The van der Waals surface area contributed by atoms with Gasteiger partial charge in [-0.2, -0.15) is 0 Å². The summed E-state index contributed by atoms with van der Waals surface area (Å²) in [5.74, 6) is 0.580. The van der Waals surface area contributed by atoms with E-state index in [1.165, 1.54) is 19.3 Å². The van der Waals surface area contributed by atoms with Gasteiger partial charge >= 0.3 is 0 Å². The highest BCUT2D eigenvalue weighted by Crippen LogP contribution is 2.34. The molecule has 0 amide bonds. The van der Waals surface area contributed by atoms with Crippen molar-refractivity contribution >= 4 is 5.78 Å². The van der Waals surface area contributed by atoms with Gasteiger partial charge < -0.3 is 4.57 Å². The van der Waals surface area contributed by atoms with Gasteiger partial charge in [0.2, 0.25) is 0 Å². The lowest BCUT2D eigenvalue weighted by molar-refractivity contribution is 0.0915. The molecule has 0 saturated heterocycles. The molecule has 0 unspecified atom stereocenters. The average molecular weight is 205 g/mol. The highest BCUT2D eigenvalue weighted by molar-refractivity contribution is 5.98. The Morgan fingerprint density at radius 1 is 1.40 bits per heavy atom. The third-order valence-corrected chi connectivity index (χ3v) is 3.51. The maximum atomic E-state index is 12.0. The molecule has 0 aromatic carbocycles. The Hall–Kier alpha value is -1.05. The molecule has 1 aromatic heterocycles. The number of ketones is 1. The summed E-state index contributed by atoms with van der Waals surface area (Å²) >= 11 is 0. The molecule has 0 saturated carbocycles. The number of carbonyl (C=O) groups excluding carboxylic acids is 1. The van der Waals surface area contributed by atoms with Crippen LogP contribution >= 0.6 is 0 Å². The fourth-order valence-electron chi connectivity index (χ4n) is 2.55. The molecule has 2 atom stereocenters. The number of nitrogens with zero attached hydrogens (tertiary/aromatic N) is 1. The molecule has 0 spiro atoms. The van der Waals surface area contributed by atoms with Gasteiger partial charge in [-0.3, -0.25) is 4.79 Å². The Bertz CT molecular complexity index is 353. The lowest BCUT2D eigenvalue weighted by Crippen LogP contribution is -2.13. The van der Waals surface area contributed by atoms with Gasteiger partial charge in [0, 0.05) is 18.2 Å². The zero-order valence-corrected chi connectivity index (χ0v) is 9.57. The molecule has 0 N–H and O–H groups in total. The number of carbonyl (C=O) groups is 1. The molecule has 2 nitrogen and oxygen atoms in total. The molecule has 0 aliphatic carbocycles. The Morgan fingerprint density at radius 2 is 2.20 bits per heavy atom. The zero-order chi connectivity index (χ0) is 10.8. The molecule has 15 heavy (non-hydrogen) atoms. The number of fused-ring (bicyclic) bond motifs is 1. The van der Waals surface area contributed by atoms with E-state index < -0.39 is 0 Å². The third kappa shape index (κ3) is 1.73. The summed E-state index contributed by atoms with van der Waals surface area (Å²) in [6.07, 6.45) is 6.72. The molecule has 0 bridgehead atoms. The van der Waals surface area contributed by atoms with E-state index in [0.717, 1.165) is 12.1 Å². The smallest absolute Gasteiger partial charge is 0.184 e. The summed E-state index contributed by atoms with van der Waals surface area (Å²) in [4.78, 5) is 12.0. The predicted molar refractivity (Wildman–Crippen MR) is 61.1 cm³/mol. The van der Waals surface area contributed by atoms with Crippen molar-refractivity contribution in [3.8, 4) is 0 Å². The van der Waals surface area contributed by atoms with E-state index in [-0.39, 0.29) is 5.92 Å². The molecule has 1 aliphatic rings. The minimum Gasteiger partial charge on any atom is -0.342 e. The Balaban J connectivity index is 2.05.